The highest BCUT2D eigenvalue weighted by Gasteiger charge is 2.33. The van der Waals surface area contributed by atoms with Crippen molar-refractivity contribution in [1.82, 2.24) is 4.90 Å². The average molecular weight is 352 g/mol. The molecule has 1 aliphatic heterocycles. The smallest absolute Gasteiger partial charge is 0.261 e. The number of fused-ring (bicyclic) bond motifs is 1. The van der Waals surface area contributed by atoms with Crippen LogP contribution in [0, 0.1) is 0 Å². The Morgan fingerprint density at radius 2 is 1.88 bits per heavy atom. The van der Waals surface area contributed by atoms with Gasteiger partial charge in [-0.15, -0.1) is 18.3 Å². The lowest BCUT2D eigenvalue weighted by molar-refractivity contribution is 0.0693. The van der Waals surface area contributed by atoms with Crippen LogP contribution in [0.5, 0.6) is 0 Å². The van der Waals surface area contributed by atoms with E-state index in [1.807, 2.05) is 24.3 Å². The Hall–Kier alpha value is -2.86. The molecule has 0 fully saturated rings. The molecule has 0 unspecified atom stereocenters. The zero-order chi connectivity index (χ0) is 18.0. The van der Waals surface area contributed by atoms with Gasteiger partial charge in [0.15, 0.2) is 0 Å². The fraction of sp³-hybridized carbons (Fsp3) is 0.105. The maximum atomic E-state index is 12.6. The molecular formula is C19H16N2O3S. The number of nitrogens with zero attached hydrogens (tertiary/aromatic N) is 1. The van der Waals surface area contributed by atoms with Crippen LogP contribution >= 0.6 is 11.8 Å². The number of thioether (sulfide) groups is 1. The van der Waals surface area contributed by atoms with Crippen LogP contribution in [0.2, 0.25) is 0 Å². The molecule has 5 nitrogen and oxygen atoms in total. The van der Waals surface area contributed by atoms with Gasteiger partial charge >= 0.3 is 0 Å². The van der Waals surface area contributed by atoms with E-state index < -0.39 is 5.91 Å². The zero-order valence-corrected chi connectivity index (χ0v) is 14.4. The van der Waals surface area contributed by atoms with Crippen molar-refractivity contribution in [2.24, 2.45) is 0 Å². The minimum absolute atomic E-state index is 0.259. The van der Waals surface area contributed by atoms with E-state index in [9.17, 15) is 14.4 Å². The summed E-state index contributed by atoms with van der Waals surface area (Å²) in [7, 11) is 1.43. The molecule has 0 bridgehead atoms. The first-order chi connectivity index (χ1) is 12.0. The number of hydrogen-bond donors (Lipinski definition) is 1. The predicted molar refractivity (Wildman–Crippen MR) is 98.2 cm³/mol. The summed E-state index contributed by atoms with van der Waals surface area (Å²) in [4.78, 5) is 38.5. The monoisotopic (exact) mass is 352 g/mol. The van der Waals surface area contributed by atoms with Crippen molar-refractivity contribution in [3.05, 3.63) is 71.8 Å². The van der Waals surface area contributed by atoms with Crippen molar-refractivity contribution in [2.45, 2.75) is 4.90 Å². The molecule has 0 aromatic heterocycles. The van der Waals surface area contributed by atoms with Gasteiger partial charge in [-0.25, -0.2) is 0 Å². The first kappa shape index (κ1) is 17.0. The summed E-state index contributed by atoms with van der Waals surface area (Å²) in [5.74, 6) is -0.340. The molecule has 0 saturated carbocycles. The first-order valence-corrected chi connectivity index (χ1v) is 8.62. The predicted octanol–water partition coefficient (Wildman–Crippen LogP) is 3.44. The largest absolute Gasteiger partial charge is 0.321 e. The van der Waals surface area contributed by atoms with E-state index in [1.54, 1.807) is 23.9 Å². The van der Waals surface area contributed by atoms with Gasteiger partial charge in [0.05, 0.1) is 16.8 Å². The van der Waals surface area contributed by atoms with Crippen LogP contribution < -0.4 is 5.32 Å². The van der Waals surface area contributed by atoms with Crippen LogP contribution in [-0.2, 0) is 0 Å². The normalized spacial score (nSPS) is 12.9. The topological polar surface area (TPSA) is 66.5 Å². The van der Waals surface area contributed by atoms with Crippen LogP contribution in [0.3, 0.4) is 0 Å². The highest BCUT2D eigenvalue weighted by atomic mass is 32.2. The molecule has 6 heteroatoms. The Labute approximate surface area is 149 Å². The Morgan fingerprint density at radius 1 is 1.16 bits per heavy atom. The van der Waals surface area contributed by atoms with Gasteiger partial charge in [0.25, 0.3) is 17.7 Å². The van der Waals surface area contributed by atoms with Gasteiger partial charge in [-0.05, 0) is 30.3 Å². The molecule has 0 atom stereocenters. The second-order valence-corrected chi connectivity index (χ2v) is 6.54. The third-order valence-electron chi connectivity index (χ3n) is 3.84. The number of amides is 3. The molecule has 3 rings (SSSR count). The molecule has 0 aliphatic carbocycles. The summed E-state index contributed by atoms with van der Waals surface area (Å²) in [6, 6.07) is 12.0. The number of nitrogens with one attached hydrogen (secondary N) is 1. The fourth-order valence-electron chi connectivity index (χ4n) is 2.54. The van der Waals surface area contributed by atoms with Gasteiger partial charge in [-0.1, -0.05) is 18.2 Å². The minimum Gasteiger partial charge on any atom is -0.321 e. The molecule has 1 aliphatic rings. The van der Waals surface area contributed by atoms with Crippen molar-refractivity contribution >= 4 is 35.2 Å². The highest BCUT2D eigenvalue weighted by Crippen LogP contribution is 2.28. The van der Waals surface area contributed by atoms with Crippen LogP contribution in [-0.4, -0.2) is 35.4 Å². The minimum atomic E-state index is -0.392. The summed E-state index contributed by atoms with van der Waals surface area (Å²) < 4.78 is 0. The molecule has 0 radical (unpaired) electrons. The number of para-hydroxylation sites is 1. The first-order valence-electron chi connectivity index (χ1n) is 7.63. The summed E-state index contributed by atoms with van der Waals surface area (Å²) >= 11 is 1.57. The molecule has 2 aromatic rings. The van der Waals surface area contributed by atoms with Gasteiger partial charge in [-0.2, -0.15) is 0 Å². The molecular weight excluding hydrogens is 336 g/mol. The van der Waals surface area contributed by atoms with E-state index in [1.165, 1.54) is 19.2 Å². The molecule has 3 amide bonds. The van der Waals surface area contributed by atoms with E-state index in [0.29, 0.717) is 16.8 Å². The van der Waals surface area contributed by atoms with Crippen molar-refractivity contribution in [3.8, 4) is 0 Å². The van der Waals surface area contributed by atoms with Crippen LogP contribution in [0.4, 0.5) is 5.69 Å². The van der Waals surface area contributed by atoms with Crippen LogP contribution in [0.25, 0.3) is 0 Å². The molecule has 1 N–H and O–H groups in total. The zero-order valence-electron chi connectivity index (χ0n) is 13.6. The standard InChI is InChI=1S/C19H16N2O3S/c1-3-10-25-16-7-5-4-6-15(16)20-17(22)12-8-9-13-14(11-12)19(24)21(2)18(13)23/h3-9,11H,1,10H2,2H3,(H,20,22). The maximum Gasteiger partial charge on any atom is 0.261 e. The molecule has 2 aromatic carbocycles. The van der Waals surface area contributed by atoms with Crippen molar-refractivity contribution in [2.75, 3.05) is 18.1 Å². The number of carbonyl (C=O) groups excluding carboxylic acids is 3. The highest BCUT2D eigenvalue weighted by molar-refractivity contribution is 7.99. The lowest BCUT2D eigenvalue weighted by atomic mass is 10.1. The summed E-state index contributed by atoms with van der Waals surface area (Å²) in [5.41, 5.74) is 1.61. The second kappa shape index (κ2) is 6.94. The average Bonchev–Trinajstić information content (AvgIpc) is 2.85. The number of benzene rings is 2. The molecule has 126 valence electrons. The summed E-state index contributed by atoms with van der Waals surface area (Å²) in [6.07, 6.45) is 1.79. The fourth-order valence-corrected chi connectivity index (χ4v) is 3.29. The number of imide groups is 1. The Kier molecular flexibility index (Phi) is 4.72. The van der Waals surface area contributed by atoms with E-state index in [4.69, 9.17) is 0 Å². The van der Waals surface area contributed by atoms with Crippen LogP contribution in [0.1, 0.15) is 31.1 Å². The Balaban J connectivity index is 1.85. The number of rotatable bonds is 5. The van der Waals surface area contributed by atoms with Gasteiger partial charge in [0.2, 0.25) is 0 Å². The quantitative estimate of drug-likeness (QED) is 0.508. The number of hydrogen-bond acceptors (Lipinski definition) is 4. The third kappa shape index (κ3) is 3.21. The number of carbonyl (C=O) groups is 3. The summed E-state index contributed by atoms with van der Waals surface area (Å²) in [6.45, 7) is 3.69. The van der Waals surface area contributed by atoms with E-state index in [2.05, 4.69) is 11.9 Å². The van der Waals surface area contributed by atoms with E-state index >= 15 is 0 Å². The molecule has 0 saturated heterocycles. The van der Waals surface area contributed by atoms with Crippen LogP contribution in [0.15, 0.2) is 60.0 Å². The molecule has 0 spiro atoms. The van der Waals surface area contributed by atoms with E-state index in [-0.39, 0.29) is 17.4 Å². The van der Waals surface area contributed by atoms with Crippen molar-refractivity contribution in [3.63, 3.8) is 0 Å². The van der Waals surface area contributed by atoms with Gasteiger partial charge in [0.1, 0.15) is 0 Å². The number of anilines is 1. The lowest BCUT2D eigenvalue weighted by Gasteiger charge is -2.10. The van der Waals surface area contributed by atoms with Crippen molar-refractivity contribution < 1.29 is 14.4 Å². The SMILES string of the molecule is C=CCSc1ccccc1NC(=O)c1ccc2c(c1)C(=O)N(C)C2=O. The van der Waals surface area contributed by atoms with E-state index in [0.717, 1.165) is 15.5 Å². The summed E-state index contributed by atoms with van der Waals surface area (Å²) in [5, 5.41) is 2.86. The lowest BCUT2D eigenvalue weighted by Crippen LogP contribution is -2.24. The maximum absolute atomic E-state index is 12.6. The third-order valence-corrected chi connectivity index (χ3v) is 4.91. The molecule has 1 heterocycles. The molecule has 25 heavy (non-hydrogen) atoms. The van der Waals surface area contributed by atoms with Gasteiger partial charge in [0, 0.05) is 23.3 Å². The van der Waals surface area contributed by atoms with Gasteiger partial charge < -0.3 is 5.32 Å². The van der Waals surface area contributed by atoms with Gasteiger partial charge in [-0.3, -0.25) is 19.3 Å². The Morgan fingerprint density at radius 3 is 2.64 bits per heavy atom. The second-order valence-electron chi connectivity index (χ2n) is 5.48. The van der Waals surface area contributed by atoms with Crippen molar-refractivity contribution in [1.29, 1.82) is 0 Å². The Bertz CT molecular complexity index is 892.